The Morgan fingerprint density at radius 1 is 0.969 bits per heavy atom. The summed E-state index contributed by atoms with van der Waals surface area (Å²) in [6.07, 6.45) is 5.04. The third kappa shape index (κ3) is 5.33. The largest absolute Gasteiger partial charge is 0.342 e. The predicted octanol–water partition coefficient (Wildman–Crippen LogP) is 5.05. The zero-order valence-corrected chi connectivity index (χ0v) is 19.5. The first-order valence-electron chi connectivity index (χ1n) is 11.7. The van der Waals surface area contributed by atoms with Gasteiger partial charge in [-0.3, -0.25) is 14.5 Å². The second kappa shape index (κ2) is 10.5. The monoisotopic (exact) mass is 453 g/mol. The van der Waals surface area contributed by atoms with Gasteiger partial charge in [-0.05, 0) is 75.4 Å². The van der Waals surface area contributed by atoms with Crippen LogP contribution < -0.4 is 5.32 Å². The summed E-state index contributed by atoms with van der Waals surface area (Å²) in [6.45, 7) is 5.19. The van der Waals surface area contributed by atoms with Crippen molar-refractivity contribution in [1.29, 1.82) is 0 Å². The maximum absolute atomic E-state index is 13.4. The first kappa shape index (κ1) is 22.8. The number of hydrogen-bond acceptors (Lipinski definition) is 3. The van der Waals surface area contributed by atoms with E-state index < -0.39 is 6.04 Å². The number of hydrogen-bond donors (Lipinski definition) is 1. The van der Waals surface area contributed by atoms with Crippen molar-refractivity contribution in [1.82, 2.24) is 9.80 Å². The molecular formula is C26H32ClN3O2. The van der Waals surface area contributed by atoms with Crippen LogP contribution in [0.5, 0.6) is 0 Å². The third-order valence-electron chi connectivity index (χ3n) is 6.71. The molecule has 2 heterocycles. The molecule has 2 aromatic carbocycles. The Morgan fingerprint density at radius 2 is 1.66 bits per heavy atom. The summed E-state index contributed by atoms with van der Waals surface area (Å²) in [6, 6.07) is 15.1. The molecule has 5 nitrogen and oxygen atoms in total. The molecule has 2 fully saturated rings. The average molecular weight is 454 g/mol. The van der Waals surface area contributed by atoms with Gasteiger partial charge in [-0.1, -0.05) is 48.0 Å². The molecule has 0 bridgehead atoms. The quantitative estimate of drug-likeness (QED) is 0.689. The summed E-state index contributed by atoms with van der Waals surface area (Å²) in [5.74, 6) is 0.302. The van der Waals surface area contributed by atoms with Crippen molar-refractivity contribution >= 4 is 29.1 Å². The van der Waals surface area contributed by atoms with Crippen LogP contribution in [-0.4, -0.2) is 47.8 Å². The second-order valence-corrected chi connectivity index (χ2v) is 9.37. The number of carbonyl (C=O) groups excluding carboxylic acids is 2. The smallest absolute Gasteiger partial charge is 0.246 e. The normalized spacial score (nSPS) is 18.9. The van der Waals surface area contributed by atoms with Gasteiger partial charge in [0.05, 0.1) is 0 Å². The van der Waals surface area contributed by atoms with E-state index in [1.807, 2.05) is 54.3 Å². The van der Waals surface area contributed by atoms with Crippen molar-refractivity contribution in [2.45, 2.75) is 45.1 Å². The number of piperidine rings is 2. The highest BCUT2D eigenvalue weighted by atomic mass is 35.5. The van der Waals surface area contributed by atoms with Gasteiger partial charge in [-0.2, -0.15) is 0 Å². The Kier molecular flexibility index (Phi) is 7.48. The number of amides is 2. The van der Waals surface area contributed by atoms with Gasteiger partial charge < -0.3 is 10.2 Å². The van der Waals surface area contributed by atoms with E-state index in [1.54, 1.807) is 6.07 Å². The summed E-state index contributed by atoms with van der Waals surface area (Å²) in [5, 5.41) is 3.69. The molecule has 2 saturated heterocycles. The fourth-order valence-electron chi connectivity index (χ4n) is 4.82. The van der Waals surface area contributed by atoms with Crippen molar-refractivity contribution in [2.75, 3.05) is 31.5 Å². The van der Waals surface area contributed by atoms with Crippen LogP contribution in [0.15, 0.2) is 48.5 Å². The zero-order chi connectivity index (χ0) is 22.5. The van der Waals surface area contributed by atoms with Crippen LogP contribution >= 0.6 is 11.6 Å². The summed E-state index contributed by atoms with van der Waals surface area (Å²) >= 11 is 6.25. The van der Waals surface area contributed by atoms with E-state index in [1.165, 1.54) is 6.42 Å². The van der Waals surface area contributed by atoms with Crippen LogP contribution in [0.25, 0.3) is 0 Å². The van der Waals surface area contributed by atoms with Crippen molar-refractivity contribution in [2.24, 2.45) is 5.92 Å². The molecule has 32 heavy (non-hydrogen) atoms. The van der Waals surface area contributed by atoms with Gasteiger partial charge in [0, 0.05) is 29.7 Å². The number of anilines is 1. The number of nitrogens with one attached hydrogen (secondary N) is 1. The Labute approximate surface area is 195 Å². The highest BCUT2D eigenvalue weighted by molar-refractivity contribution is 6.31. The summed E-state index contributed by atoms with van der Waals surface area (Å²) < 4.78 is 0. The standard InChI is InChI=1S/C26H32ClN3O2/c1-19-10-11-22(18-23(19)27)28-25(31)24(20-8-4-2-5-9-20)29-16-12-21(13-17-29)26(32)30-14-6-3-7-15-30/h2,4-5,8-11,18,21,24H,3,6-7,12-17H2,1H3,(H,28,31)/t24-/m1/s1. The number of halogens is 1. The van der Waals surface area contributed by atoms with Crippen LogP contribution in [0.3, 0.4) is 0 Å². The maximum atomic E-state index is 13.4. The lowest BCUT2D eigenvalue weighted by Crippen LogP contribution is -2.47. The maximum Gasteiger partial charge on any atom is 0.246 e. The molecule has 6 heteroatoms. The molecule has 1 N–H and O–H groups in total. The Morgan fingerprint density at radius 3 is 2.31 bits per heavy atom. The van der Waals surface area contributed by atoms with E-state index >= 15 is 0 Å². The molecule has 1 atom stereocenters. The van der Waals surface area contributed by atoms with Gasteiger partial charge in [-0.25, -0.2) is 0 Å². The Balaban J connectivity index is 1.46. The molecule has 0 aromatic heterocycles. The SMILES string of the molecule is Cc1ccc(NC(=O)[C@@H](c2ccccc2)N2CCC(C(=O)N3CCCCC3)CC2)cc1Cl. The summed E-state index contributed by atoms with van der Waals surface area (Å²) in [4.78, 5) is 30.6. The first-order valence-corrected chi connectivity index (χ1v) is 12.1. The van der Waals surface area contributed by atoms with Gasteiger partial charge >= 0.3 is 0 Å². The van der Waals surface area contributed by atoms with Gasteiger partial charge in [0.1, 0.15) is 6.04 Å². The second-order valence-electron chi connectivity index (χ2n) is 8.96. The number of aryl methyl sites for hydroxylation is 1. The molecule has 4 rings (SSSR count). The van der Waals surface area contributed by atoms with E-state index in [9.17, 15) is 9.59 Å². The van der Waals surface area contributed by atoms with Crippen LogP contribution in [0.1, 0.15) is 49.3 Å². The van der Waals surface area contributed by atoms with Gasteiger partial charge in [0.2, 0.25) is 11.8 Å². The van der Waals surface area contributed by atoms with Crippen LogP contribution in [0.4, 0.5) is 5.69 Å². The number of benzene rings is 2. The van der Waals surface area contributed by atoms with E-state index in [2.05, 4.69) is 10.2 Å². The lowest BCUT2D eigenvalue weighted by Gasteiger charge is -2.38. The minimum Gasteiger partial charge on any atom is -0.342 e. The fraction of sp³-hybridized carbons (Fsp3) is 0.462. The molecule has 0 aliphatic carbocycles. The lowest BCUT2D eigenvalue weighted by atomic mass is 9.92. The zero-order valence-electron chi connectivity index (χ0n) is 18.7. The minimum absolute atomic E-state index is 0.0692. The van der Waals surface area contributed by atoms with Gasteiger partial charge in [-0.15, -0.1) is 0 Å². The molecule has 0 radical (unpaired) electrons. The molecule has 2 aliphatic rings. The van der Waals surface area contributed by atoms with E-state index in [0.29, 0.717) is 16.6 Å². The van der Waals surface area contributed by atoms with Crippen molar-refractivity contribution in [3.8, 4) is 0 Å². The van der Waals surface area contributed by atoms with Crippen LogP contribution in [0.2, 0.25) is 5.02 Å². The topological polar surface area (TPSA) is 52.7 Å². The highest BCUT2D eigenvalue weighted by Crippen LogP contribution is 2.30. The molecule has 2 amide bonds. The number of nitrogens with zero attached hydrogens (tertiary/aromatic N) is 2. The molecule has 170 valence electrons. The number of likely N-dealkylation sites (tertiary alicyclic amines) is 2. The van der Waals surface area contributed by atoms with E-state index in [-0.39, 0.29) is 11.8 Å². The fourth-order valence-corrected chi connectivity index (χ4v) is 5.00. The Bertz CT molecular complexity index is 935. The molecule has 2 aromatic rings. The summed E-state index contributed by atoms with van der Waals surface area (Å²) in [5.41, 5.74) is 2.63. The molecule has 2 aliphatic heterocycles. The van der Waals surface area contributed by atoms with E-state index in [0.717, 1.165) is 63.0 Å². The average Bonchev–Trinajstić information content (AvgIpc) is 2.83. The molecule has 0 saturated carbocycles. The Hall–Kier alpha value is -2.37. The van der Waals surface area contributed by atoms with Crippen molar-refractivity contribution in [3.63, 3.8) is 0 Å². The first-order chi connectivity index (χ1) is 15.5. The van der Waals surface area contributed by atoms with Crippen LogP contribution in [-0.2, 0) is 9.59 Å². The predicted molar refractivity (Wildman–Crippen MR) is 129 cm³/mol. The van der Waals surface area contributed by atoms with Gasteiger partial charge in [0.15, 0.2) is 0 Å². The van der Waals surface area contributed by atoms with Gasteiger partial charge in [0.25, 0.3) is 0 Å². The molecular weight excluding hydrogens is 422 g/mol. The van der Waals surface area contributed by atoms with Crippen molar-refractivity contribution < 1.29 is 9.59 Å². The summed E-state index contributed by atoms with van der Waals surface area (Å²) in [7, 11) is 0. The van der Waals surface area contributed by atoms with E-state index in [4.69, 9.17) is 11.6 Å². The third-order valence-corrected chi connectivity index (χ3v) is 7.12. The van der Waals surface area contributed by atoms with Crippen molar-refractivity contribution in [3.05, 3.63) is 64.7 Å². The molecule has 0 unspecified atom stereocenters. The molecule has 0 spiro atoms. The lowest BCUT2D eigenvalue weighted by molar-refractivity contribution is -0.138. The number of rotatable bonds is 5. The highest BCUT2D eigenvalue weighted by Gasteiger charge is 2.34. The number of carbonyl (C=O) groups is 2. The van der Waals surface area contributed by atoms with Crippen LogP contribution in [0, 0.1) is 12.8 Å². The minimum atomic E-state index is -0.401.